The molecule has 0 radical (unpaired) electrons. The van der Waals surface area contributed by atoms with Crippen molar-refractivity contribution < 1.29 is 14.2 Å². The highest BCUT2D eigenvalue weighted by Gasteiger charge is 2.24. The van der Waals surface area contributed by atoms with Crippen LogP contribution >= 0.6 is 0 Å². The lowest BCUT2D eigenvalue weighted by Gasteiger charge is -2.16. The van der Waals surface area contributed by atoms with E-state index in [9.17, 15) is 10.5 Å². The zero-order valence-corrected chi connectivity index (χ0v) is 15.9. The number of hydrogen-bond donors (Lipinski definition) is 0. The topological polar surface area (TPSA) is 82.1 Å². The third-order valence-electron chi connectivity index (χ3n) is 4.89. The molecule has 0 bridgehead atoms. The van der Waals surface area contributed by atoms with Crippen molar-refractivity contribution in [3.8, 4) is 17.7 Å². The van der Waals surface area contributed by atoms with Crippen LogP contribution in [0.5, 0.6) is 11.6 Å². The van der Waals surface area contributed by atoms with Gasteiger partial charge in [-0.1, -0.05) is 24.3 Å². The predicted octanol–water partition coefficient (Wildman–Crippen LogP) is 3.33. The van der Waals surface area contributed by atoms with Gasteiger partial charge in [-0.3, -0.25) is 0 Å². The van der Waals surface area contributed by atoms with Crippen molar-refractivity contribution in [1.82, 2.24) is 4.98 Å². The molecule has 0 saturated heterocycles. The summed E-state index contributed by atoms with van der Waals surface area (Å²) in [6.45, 7) is 0. The Hall–Kier alpha value is -3.85. The molecule has 0 amide bonds. The summed E-state index contributed by atoms with van der Waals surface area (Å²) in [5.41, 5.74) is 4.37. The molecule has 1 aliphatic carbocycles. The maximum atomic E-state index is 11.2. The first-order valence-electron chi connectivity index (χ1n) is 9.24. The average Bonchev–Trinajstić information content (AvgIpc) is 3.15. The summed E-state index contributed by atoms with van der Waals surface area (Å²) >= 11 is 0. The summed E-state index contributed by atoms with van der Waals surface area (Å²) in [4.78, 5) is 4.32. The maximum Gasteiger partial charge on any atom is 0.256 e. The molecule has 0 atom stereocenters. The van der Waals surface area contributed by atoms with Crippen LogP contribution in [0.4, 0.5) is 0 Å². The van der Waals surface area contributed by atoms with Crippen molar-refractivity contribution in [2.75, 3.05) is 7.11 Å². The van der Waals surface area contributed by atoms with Crippen LogP contribution < -0.4 is 14.2 Å². The zero-order chi connectivity index (χ0) is 20.2. The third kappa shape index (κ3) is 4.04. The Kier molecular flexibility index (Phi) is 5.12. The van der Waals surface area contributed by atoms with Gasteiger partial charge in [0.15, 0.2) is 18.1 Å². The van der Waals surface area contributed by atoms with Crippen molar-refractivity contribution in [3.05, 3.63) is 88.5 Å². The van der Waals surface area contributed by atoms with Crippen LogP contribution in [-0.2, 0) is 12.8 Å². The van der Waals surface area contributed by atoms with Crippen LogP contribution in [0, 0.1) is 16.5 Å². The van der Waals surface area contributed by atoms with Crippen LogP contribution in [0.3, 0.4) is 0 Å². The number of hydrogen-bond acceptors (Lipinski definition) is 5. The molecular weight excluding hydrogens is 366 g/mol. The SMILES string of the molecule is COc1ncc(/C(C#N)=C/c2cc[n+]([O-])cc2)cc1OC1Cc2ccccc2C1. The molecule has 0 saturated carbocycles. The van der Waals surface area contributed by atoms with Crippen LogP contribution in [0.15, 0.2) is 61.1 Å². The number of nitriles is 1. The van der Waals surface area contributed by atoms with Gasteiger partial charge in [0, 0.05) is 36.7 Å². The highest BCUT2D eigenvalue weighted by atomic mass is 16.5. The summed E-state index contributed by atoms with van der Waals surface area (Å²) in [6, 6.07) is 15.6. The summed E-state index contributed by atoms with van der Waals surface area (Å²) in [5, 5.41) is 20.8. The first-order chi connectivity index (χ1) is 14.2. The molecule has 6 nitrogen and oxygen atoms in total. The number of benzene rings is 1. The lowest BCUT2D eigenvalue weighted by molar-refractivity contribution is -0.605. The second kappa shape index (κ2) is 8.03. The quantitative estimate of drug-likeness (QED) is 0.382. The van der Waals surface area contributed by atoms with E-state index in [4.69, 9.17) is 9.47 Å². The summed E-state index contributed by atoms with van der Waals surface area (Å²) in [6.07, 6.45) is 7.71. The number of fused-ring (bicyclic) bond motifs is 1. The van der Waals surface area contributed by atoms with Gasteiger partial charge in [-0.05, 0) is 28.8 Å². The van der Waals surface area contributed by atoms with E-state index in [0.717, 1.165) is 18.4 Å². The van der Waals surface area contributed by atoms with E-state index in [0.29, 0.717) is 27.5 Å². The van der Waals surface area contributed by atoms with Crippen LogP contribution in [0.25, 0.3) is 11.6 Å². The van der Waals surface area contributed by atoms with Gasteiger partial charge in [0.1, 0.15) is 6.10 Å². The number of methoxy groups -OCH3 is 1. The fourth-order valence-corrected chi connectivity index (χ4v) is 3.47. The molecule has 2 heterocycles. The van der Waals surface area contributed by atoms with Crippen molar-refractivity contribution in [2.24, 2.45) is 0 Å². The third-order valence-corrected chi connectivity index (χ3v) is 4.89. The highest BCUT2D eigenvalue weighted by Crippen LogP contribution is 2.32. The van der Waals surface area contributed by atoms with Crippen LogP contribution in [0.1, 0.15) is 22.3 Å². The van der Waals surface area contributed by atoms with Gasteiger partial charge in [0.25, 0.3) is 5.88 Å². The lowest BCUT2D eigenvalue weighted by Crippen LogP contribution is -2.23. The molecule has 0 fully saturated rings. The molecule has 1 aromatic carbocycles. The summed E-state index contributed by atoms with van der Waals surface area (Å²) < 4.78 is 12.3. The van der Waals surface area contributed by atoms with Crippen molar-refractivity contribution in [3.63, 3.8) is 0 Å². The van der Waals surface area contributed by atoms with Crippen LogP contribution in [-0.4, -0.2) is 18.2 Å². The molecular formula is C23H19N3O3. The molecule has 3 aromatic rings. The summed E-state index contributed by atoms with van der Waals surface area (Å²) in [5.74, 6) is 0.892. The van der Waals surface area contributed by atoms with Crippen molar-refractivity contribution in [1.29, 1.82) is 5.26 Å². The zero-order valence-electron chi connectivity index (χ0n) is 15.9. The standard InChI is InChI=1S/C23H19N3O3/c1-28-23-22(29-21-11-17-4-2-3-5-18(17)12-21)13-20(15-25-23)19(14-24)10-16-6-8-26(27)9-7-16/h2-10,13,15,21H,11-12H2,1H3/b19-10+. The van der Waals surface area contributed by atoms with E-state index >= 15 is 0 Å². The Bertz CT molecular complexity index is 1080. The van der Waals surface area contributed by atoms with E-state index in [1.54, 1.807) is 37.6 Å². The van der Waals surface area contributed by atoms with Crippen LogP contribution in [0.2, 0.25) is 0 Å². The number of rotatable bonds is 5. The smallest absolute Gasteiger partial charge is 0.256 e. The predicted molar refractivity (Wildman–Crippen MR) is 108 cm³/mol. The maximum absolute atomic E-state index is 11.2. The Morgan fingerprint density at radius 3 is 2.52 bits per heavy atom. The highest BCUT2D eigenvalue weighted by molar-refractivity contribution is 5.89. The van der Waals surface area contributed by atoms with Gasteiger partial charge in [0.2, 0.25) is 0 Å². The van der Waals surface area contributed by atoms with E-state index in [-0.39, 0.29) is 6.10 Å². The molecule has 0 unspecified atom stereocenters. The van der Waals surface area contributed by atoms with Crippen molar-refractivity contribution in [2.45, 2.75) is 18.9 Å². The molecule has 0 aliphatic heterocycles. The number of allylic oxidation sites excluding steroid dienone is 1. The minimum absolute atomic E-state index is 0.00510. The van der Waals surface area contributed by atoms with Crippen molar-refractivity contribution >= 4 is 11.6 Å². The van der Waals surface area contributed by atoms with E-state index in [1.807, 2.05) is 12.1 Å². The largest absolute Gasteiger partial charge is 0.619 e. The van der Waals surface area contributed by atoms with Gasteiger partial charge < -0.3 is 14.7 Å². The second-order valence-corrected chi connectivity index (χ2v) is 6.81. The number of nitrogens with zero attached hydrogens (tertiary/aromatic N) is 3. The molecule has 1 aliphatic rings. The molecule has 144 valence electrons. The lowest BCUT2D eigenvalue weighted by atomic mass is 10.1. The normalized spacial score (nSPS) is 13.6. The first kappa shape index (κ1) is 18.5. The fraction of sp³-hybridized carbons (Fsp3) is 0.174. The Morgan fingerprint density at radius 2 is 1.90 bits per heavy atom. The molecule has 0 N–H and O–H groups in total. The second-order valence-electron chi connectivity index (χ2n) is 6.81. The van der Waals surface area contributed by atoms with Gasteiger partial charge in [-0.15, -0.1) is 0 Å². The number of pyridine rings is 2. The van der Waals surface area contributed by atoms with Gasteiger partial charge in [-0.25, -0.2) is 4.98 Å². The van der Waals surface area contributed by atoms with Gasteiger partial charge >= 0.3 is 0 Å². The molecule has 29 heavy (non-hydrogen) atoms. The average molecular weight is 385 g/mol. The molecule has 0 spiro atoms. The van der Waals surface area contributed by atoms with Gasteiger partial charge in [-0.2, -0.15) is 9.99 Å². The summed E-state index contributed by atoms with van der Waals surface area (Å²) in [7, 11) is 1.54. The first-order valence-corrected chi connectivity index (χ1v) is 9.24. The van der Waals surface area contributed by atoms with E-state index in [1.165, 1.54) is 23.5 Å². The minimum atomic E-state index is -0.00510. The molecule has 6 heteroatoms. The Balaban J connectivity index is 1.61. The fourth-order valence-electron chi connectivity index (χ4n) is 3.47. The number of aromatic nitrogens is 2. The van der Waals surface area contributed by atoms with Gasteiger partial charge in [0.05, 0.1) is 18.8 Å². The monoisotopic (exact) mass is 385 g/mol. The Labute approximate surface area is 168 Å². The Morgan fingerprint density at radius 1 is 1.21 bits per heavy atom. The molecule has 2 aromatic heterocycles. The number of ether oxygens (including phenoxy) is 2. The minimum Gasteiger partial charge on any atom is -0.619 e. The molecule has 4 rings (SSSR count). The van der Waals surface area contributed by atoms with E-state index in [2.05, 4.69) is 23.2 Å². The van der Waals surface area contributed by atoms with E-state index < -0.39 is 0 Å².